The second kappa shape index (κ2) is 5.38. The highest BCUT2D eigenvalue weighted by Crippen LogP contribution is 2.30. The Balaban J connectivity index is 1.89. The van der Waals surface area contributed by atoms with Gasteiger partial charge in [-0.2, -0.15) is 0 Å². The predicted molar refractivity (Wildman–Crippen MR) is 67.8 cm³/mol. The number of benzene rings is 1. The fourth-order valence-corrected chi connectivity index (χ4v) is 2.53. The first-order valence-corrected chi connectivity index (χ1v) is 6.52. The highest BCUT2D eigenvalue weighted by atomic mass is 16.5. The van der Waals surface area contributed by atoms with Crippen molar-refractivity contribution in [1.29, 1.82) is 0 Å². The molecule has 0 atom stereocenters. The summed E-state index contributed by atoms with van der Waals surface area (Å²) in [7, 11) is 0. The van der Waals surface area contributed by atoms with Crippen molar-refractivity contribution in [2.24, 2.45) is 5.92 Å². The van der Waals surface area contributed by atoms with Crippen LogP contribution in [-0.2, 0) is 0 Å². The van der Waals surface area contributed by atoms with E-state index in [1.54, 1.807) is 0 Å². The van der Waals surface area contributed by atoms with Crippen molar-refractivity contribution >= 4 is 0 Å². The maximum Gasteiger partial charge on any atom is 0.122 e. The molecular weight excluding hydrogens is 196 g/mol. The van der Waals surface area contributed by atoms with Crippen molar-refractivity contribution in [2.45, 2.75) is 52.1 Å². The van der Waals surface area contributed by atoms with Crippen LogP contribution in [0.1, 0.15) is 44.6 Å². The molecule has 0 bridgehead atoms. The average molecular weight is 218 g/mol. The van der Waals surface area contributed by atoms with Crippen LogP contribution in [0.5, 0.6) is 5.75 Å². The Labute approximate surface area is 98.8 Å². The smallest absolute Gasteiger partial charge is 0.122 e. The molecule has 0 aliphatic heterocycles. The summed E-state index contributed by atoms with van der Waals surface area (Å²) >= 11 is 0. The van der Waals surface area contributed by atoms with Crippen molar-refractivity contribution in [3.05, 3.63) is 29.8 Å². The van der Waals surface area contributed by atoms with Gasteiger partial charge in [0.15, 0.2) is 0 Å². The number of ether oxygens (including phenoxy) is 1. The molecule has 1 aliphatic carbocycles. The summed E-state index contributed by atoms with van der Waals surface area (Å²) in [5.41, 5.74) is 1.25. The molecule has 1 aliphatic rings. The Morgan fingerprint density at radius 2 is 1.81 bits per heavy atom. The van der Waals surface area contributed by atoms with E-state index < -0.39 is 0 Å². The van der Waals surface area contributed by atoms with Crippen molar-refractivity contribution < 1.29 is 4.74 Å². The van der Waals surface area contributed by atoms with Crippen molar-refractivity contribution in [2.75, 3.05) is 0 Å². The summed E-state index contributed by atoms with van der Waals surface area (Å²) in [5.74, 6) is 2.01. The van der Waals surface area contributed by atoms with Gasteiger partial charge in [-0.05, 0) is 50.2 Å². The normalized spacial score (nSPS) is 25.4. The van der Waals surface area contributed by atoms with Gasteiger partial charge in [-0.15, -0.1) is 0 Å². The van der Waals surface area contributed by atoms with Crippen molar-refractivity contribution in [1.82, 2.24) is 0 Å². The molecule has 1 saturated carbocycles. The van der Waals surface area contributed by atoms with E-state index in [1.165, 1.54) is 37.7 Å². The predicted octanol–water partition coefficient (Wildman–Crippen LogP) is 4.34. The molecule has 88 valence electrons. The highest BCUT2D eigenvalue weighted by Gasteiger charge is 2.21. The minimum Gasteiger partial charge on any atom is -0.490 e. The molecule has 0 radical (unpaired) electrons. The van der Waals surface area contributed by atoms with Crippen LogP contribution in [-0.4, -0.2) is 6.10 Å². The quantitative estimate of drug-likeness (QED) is 0.733. The van der Waals surface area contributed by atoms with E-state index in [-0.39, 0.29) is 0 Å². The topological polar surface area (TPSA) is 9.23 Å². The van der Waals surface area contributed by atoms with E-state index in [4.69, 9.17) is 4.74 Å². The summed E-state index contributed by atoms with van der Waals surface area (Å²) in [6, 6.07) is 8.32. The van der Waals surface area contributed by atoms with Crippen LogP contribution < -0.4 is 4.74 Å². The van der Waals surface area contributed by atoms with Crippen molar-refractivity contribution in [3.63, 3.8) is 0 Å². The van der Waals surface area contributed by atoms with Gasteiger partial charge in [0, 0.05) is 0 Å². The monoisotopic (exact) mass is 218 g/mol. The first-order valence-electron chi connectivity index (χ1n) is 6.52. The minimum absolute atomic E-state index is 0.448. The fourth-order valence-electron chi connectivity index (χ4n) is 2.53. The molecule has 0 spiro atoms. The van der Waals surface area contributed by atoms with Gasteiger partial charge in [-0.25, -0.2) is 0 Å². The van der Waals surface area contributed by atoms with Gasteiger partial charge in [-0.3, -0.25) is 0 Å². The third-order valence-electron chi connectivity index (χ3n) is 3.76. The Bertz CT molecular complexity index is 324. The van der Waals surface area contributed by atoms with Crippen LogP contribution in [0.2, 0.25) is 0 Å². The molecule has 1 fully saturated rings. The molecule has 16 heavy (non-hydrogen) atoms. The van der Waals surface area contributed by atoms with E-state index >= 15 is 0 Å². The van der Waals surface area contributed by atoms with E-state index in [9.17, 15) is 0 Å². The fraction of sp³-hybridized carbons (Fsp3) is 0.600. The van der Waals surface area contributed by atoms with Crippen LogP contribution in [0, 0.1) is 12.8 Å². The molecule has 1 heteroatoms. The van der Waals surface area contributed by atoms with Crippen LogP contribution >= 0.6 is 0 Å². The van der Waals surface area contributed by atoms with Gasteiger partial charge in [0.05, 0.1) is 6.10 Å². The molecule has 0 unspecified atom stereocenters. The third-order valence-corrected chi connectivity index (χ3v) is 3.76. The van der Waals surface area contributed by atoms with Crippen LogP contribution in [0.3, 0.4) is 0 Å². The molecule has 0 saturated heterocycles. The van der Waals surface area contributed by atoms with Gasteiger partial charge in [0.1, 0.15) is 5.75 Å². The molecular formula is C15H22O. The average Bonchev–Trinajstić information content (AvgIpc) is 2.33. The first-order chi connectivity index (χ1) is 7.79. The lowest BCUT2D eigenvalue weighted by Gasteiger charge is -2.28. The van der Waals surface area contributed by atoms with Crippen LogP contribution in [0.25, 0.3) is 0 Å². The van der Waals surface area contributed by atoms with Crippen LogP contribution in [0.4, 0.5) is 0 Å². The molecule has 1 aromatic rings. The summed E-state index contributed by atoms with van der Waals surface area (Å²) in [4.78, 5) is 0. The molecule has 0 heterocycles. The Hall–Kier alpha value is -0.980. The maximum atomic E-state index is 6.08. The zero-order valence-corrected chi connectivity index (χ0v) is 10.4. The van der Waals surface area contributed by atoms with Crippen LogP contribution in [0.15, 0.2) is 24.3 Å². The second-order valence-electron chi connectivity index (χ2n) is 4.93. The number of rotatable bonds is 3. The third kappa shape index (κ3) is 2.78. The Morgan fingerprint density at radius 3 is 2.44 bits per heavy atom. The van der Waals surface area contributed by atoms with Gasteiger partial charge in [0.2, 0.25) is 0 Å². The first kappa shape index (κ1) is 11.5. The summed E-state index contributed by atoms with van der Waals surface area (Å²) < 4.78 is 6.08. The van der Waals surface area contributed by atoms with Crippen molar-refractivity contribution in [3.8, 4) is 5.75 Å². The molecule has 1 aromatic carbocycles. The molecule has 2 rings (SSSR count). The van der Waals surface area contributed by atoms with E-state index in [2.05, 4.69) is 38.1 Å². The summed E-state index contributed by atoms with van der Waals surface area (Å²) in [6.07, 6.45) is 6.92. The Kier molecular flexibility index (Phi) is 3.87. The lowest BCUT2D eigenvalue weighted by Crippen LogP contribution is -2.24. The molecule has 1 nitrogen and oxygen atoms in total. The number of para-hydroxylation sites is 1. The number of hydrogen-bond donors (Lipinski definition) is 0. The standard InChI is InChI=1S/C15H22O/c1-3-13-8-10-14(11-9-13)16-15-7-5-4-6-12(15)2/h4-7,13-14H,3,8-11H2,1-2H3. The van der Waals surface area contributed by atoms with Gasteiger partial charge >= 0.3 is 0 Å². The maximum absolute atomic E-state index is 6.08. The lowest BCUT2D eigenvalue weighted by molar-refractivity contribution is 0.129. The minimum atomic E-state index is 0.448. The molecule has 0 aromatic heterocycles. The summed E-state index contributed by atoms with van der Waals surface area (Å²) in [5, 5.41) is 0. The number of hydrogen-bond acceptors (Lipinski definition) is 1. The molecule has 0 N–H and O–H groups in total. The second-order valence-corrected chi connectivity index (χ2v) is 4.93. The zero-order chi connectivity index (χ0) is 11.4. The van der Waals surface area contributed by atoms with Gasteiger partial charge < -0.3 is 4.74 Å². The van der Waals surface area contributed by atoms with Gasteiger partial charge in [-0.1, -0.05) is 31.5 Å². The van der Waals surface area contributed by atoms with E-state index in [1.807, 2.05) is 0 Å². The largest absolute Gasteiger partial charge is 0.490 e. The molecule has 0 amide bonds. The van der Waals surface area contributed by atoms with E-state index in [0.29, 0.717) is 6.10 Å². The summed E-state index contributed by atoms with van der Waals surface area (Å²) in [6.45, 7) is 4.42. The zero-order valence-electron chi connectivity index (χ0n) is 10.4. The Morgan fingerprint density at radius 1 is 1.12 bits per heavy atom. The van der Waals surface area contributed by atoms with Gasteiger partial charge in [0.25, 0.3) is 0 Å². The number of aryl methyl sites for hydroxylation is 1. The highest BCUT2D eigenvalue weighted by molar-refractivity contribution is 5.31. The van der Waals surface area contributed by atoms with E-state index in [0.717, 1.165) is 11.7 Å². The lowest BCUT2D eigenvalue weighted by atomic mass is 9.86. The SMILES string of the molecule is CCC1CCC(Oc2ccccc2C)CC1.